The van der Waals surface area contributed by atoms with E-state index in [-0.39, 0.29) is 11.3 Å². The van der Waals surface area contributed by atoms with Gasteiger partial charge in [-0.25, -0.2) is 4.79 Å². The van der Waals surface area contributed by atoms with E-state index in [1.807, 2.05) is 0 Å². The van der Waals surface area contributed by atoms with Crippen molar-refractivity contribution >= 4 is 5.97 Å². The molecule has 4 nitrogen and oxygen atoms in total. The van der Waals surface area contributed by atoms with Gasteiger partial charge in [-0.2, -0.15) is 9.78 Å². The molecule has 1 fully saturated rings. The molecule has 16 heavy (non-hydrogen) atoms. The third kappa shape index (κ3) is 2.55. The molecule has 1 aliphatic heterocycles. The second-order valence-corrected chi connectivity index (χ2v) is 5.26. The summed E-state index contributed by atoms with van der Waals surface area (Å²) >= 11 is 0. The largest absolute Gasteiger partial charge is 0.462 e. The van der Waals surface area contributed by atoms with Crippen LogP contribution >= 0.6 is 0 Å². The fourth-order valence-electron chi connectivity index (χ4n) is 2.08. The van der Waals surface area contributed by atoms with Gasteiger partial charge in [0.1, 0.15) is 0 Å². The van der Waals surface area contributed by atoms with Gasteiger partial charge in [0.25, 0.3) is 0 Å². The molecule has 0 N–H and O–H groups in total. The van der Waals surface area contributed by atoms with Crippen molar-refractivity contribution < 1.29 is 19.3 Å². The standard InChI is InChI=1S/C12H22O4/c1-6-8-9(11(3,4)5)12(15-16-12)10(13)14-7-2/h9H,6-8H2,1-5H3. The van der Waals surface area contributed by atoms with E-state index >= 15 is 0 Å². The summed E-state index contributed by atoms with van der Waals surface area (Å²) in [6.45, 7) is 10.5. The number of ether oxygens (including phenoxy) is 1. The molecular weight excluding hydrogens is 208 g/mol. The van der Waals surface area contributed by atoms with E-state index in [1.54, 1.807) is 6.92 Å². The van der Waals surface area contributed by atoms with Crippen molar-refractivity contribution in [3.05, 3.63) is 0 Å². The SMILES string of the molecule is CCCC(C(C)(C)C)C1(C(=O)OCC)OO1. The van der Waals surface area contributed by atoms with Crippen LogP contribution in [-0.4, -0.2) is 18.4 Å². The van der Waals surface area contributed by atoms with Crippen LogP contribution in [0.5, 0.6) is 0 Å². The Morgan fingerprint density at radius 3 is 2.19 bits per heavy atom. The highest BCUT2D eigenvalue weighted by Gasteiger charge is 2.66. The first-order valence-corrected chi connectivity index (χ1v) is 5.92. The van der Waals surface area contributed by atoms with E-state index in [0.717, 1.165) is 12.8 Å². The first-order valence-electron chi connectivity index (χ1n) is 5.92. The van der Waals surface area contributed by atoms with Gasteiger partial charge in [-0.1, -0.05) is 34.1 Å². The summed E-state index contributed by atoms with van der Waals surface area (Å²) in [4.78, 5) is 21.8. The molecule has 0 aliphatic carbocycles. The average Bonchev–Trinajstić information content (AvgIpc) is 2.93. The lowest BCUT2D eigenvalue weighted by Crippen LogP contribution is -2.42. The number of hydrogen-bond acceptors (Lipinski definition) is 4. The molecule has 0 spiro atoms. The molecule has 0 amide bonds. The van der Waals surface area contributed by atoms with Crippen molar-refractivity contribution in [2.75, 3.05) is 6.61 Å². The summed E-state index contributed by atoms with van der Waals surface area (Å²) in [5.74, 6) is -1.53. The Labute approximate surface area is 97.2 Å². The lowest BCUT2D eigenvalue weighted by molar-refractivity contribution is -0.155. The van der Waals surface area contributed by atoms with E-state index in [2.05, 4.69) is 27.7 Å². The minimum absolute atomic E-state index is 0.0176. The Morgan fingerprint density at radius 1 is 1.31 bits per heavy atom. The minimum atomic E-state index is -1.15. The summed E-state index contributed by atoms with van der Waals surface area (Å²) in [6, 6.07) is 0. The summed E-state index contributed by atoms with van der Waals surface area (Å²) in [6.07, 6.45) is 1.86. The van der Waals surface area contributed by atoms with Gasteiger partial charge in [0, 0.05) is 5.92 Å². The number of carbonyl (C=O) groups excluding carboxylic acids is 1. The number of hydrogen-bond donors (Lipinski definition) is 0. The Bertz CT molecular complexity index is 250. The van der Waals surface area contributed by atoms with Crippen LogP contribution in [0.25, 0.3) is 0 Å². The van der Waals surface area contributed by atoms with Gasteiger partial charge < -0.3 is 4.74 Å². The smallest absolute Gasteiger partial charge is 0.373 e. The summed E-state index contributed by atoms with van der Waals surface area (Å²) < 4.78 is 5.00. The first kappa shape index (κ1) is 13.5. The van der Waals surface area contributed by atoms with Gasteiger partial charge in [-0.3, -0.25) is 0 Å². The van der Waals surface area contributed by atoms with Crippen LogP contribution in [0.15, 0.2) is 0 Å². The Kier molecular flexibility index (Phi) is 3.97. The highest BCUT2D eigenvalue weighted by atomic mass is 17.4. The molecule has 1 unspecified atom stereocenters. The van der Waals surface area contributed by atoms with Gasteiger partial charge in [0.2, 0.25) is 0 Å². The predicted molar refractivity (Wildman–Crippen MR) is 59.4 cm³/mol. The number of carbonyl (C=O) groups is 1. The summed E-state index contributed by atoms with van der Waals surface area (Å²) in [5, 5.41) is 0. The van der Waals surface area contributed by atoms with Crippen molar-refractivity contribution in [1.82, 2.24) is 0 Å². The molecule has 0 aromatic heterocycles. The third-order valence-corrected chi connectivity index (χ3v) is 2.90. The average molecular weight is 230 g/mol. The molecule has 1 heterocycles. The van der Waals surface area contributed by atoms with E-state index in [1.165, 1.54) is 0 Å². The first-order chi connectivity index (χ1) is 7.38. The molecule has 94 valence electrons. The maximum atomic E-state index is 11.8. The molecule has 0 bridgehead atoms. The Morgan fingerprint density at radius 2 is 1.88 bits per heavy atom. The fourth-order valence-corrected chi connectivity index (χ4v) is 2.08. The van der Waals surface area contributed by atoms with Crippen LogP contribution in [0, 0.1) is 11.3 Å². The van der Waals surface area contributed by atoms with Crippen LogP contribution < -0.4 is 0 Å². The molecule has 1 rings (SSSR count). The Balaban J connectivity index is 2.82. The van der Waals surface area contributed by atoms with Crippen LogP contribution in [0.2, 0.25) is 0 Å². The monoisotopic (exact) mass is 230 g/mol. The maximum Gasteiger partial charge on any atom is 0.373 e. The summed E-state index contributed by atoms with van der Waals surface area (Å²) in [7, 11) is 0. The van der Waals surface area contributed by atoms with E-state index < -0.39 is 11.8 Å². The van der Waals surface area contributed by atoms with E-state index in [9.17, 15) is 4.79 Å². The third-order valence-electron chi connectivity index (χ3n) is 2.90. The van der Waals surface area contributed by atoms with Crippen LogP contribution in [-0.2, 0) is 19.3 Å². The zero-order chi connectivity index (χ0) is 12.4. The highest BCUT2D eigenvalue weighted by Crippen LogP contribution is 2.49. The molecular formula is C12H22O4. The second kappa shape index (κ2) is 4.72. The van der Waals surface area contributed by atoms with Gasteiger partial charge >= 0.3 is 11.8 Å². The molecule has 0 radical (unpaired) electrons. The normalized spacial score (nSPS) is 20.3. The number of rotatable bonds is 5. The molecule has 1 saturated heterocycles. The van der Waals surface area contributed by atoms with E-state index in [4.69, 9.17) is 14.5 Å². The van der Waals surface area contributed by atoms with Crippen molar-refractivity contribution in [3.63, 3.8) is 0 Å². The zero-order valence-electron chi connectivity index (χ0n) is 10.8. The maximum absolute atomic E-state index is 11.8. The molecule has 0 aromatic rings. The van der Waals surface area contributed by atoms with Crippen LogP contribution in [0.1, 0.15) is 47.5 Å². The van der Waals surface area contributed by atoms with Crippen LogP contribution in [0.3, 0.4) is 0 Å². The molecule has 1 aliphatic rings. The van der Waals surface area contributed by atoms with Gasteiger partial charge in [-0.05, 0) is 18.8 Å². The predicted octanol–water partition coefficient (Wildman–Crippen LogP) is 2.67. The van der Waals surface area contributed by atoms with Crippen molar-refractivity contribution in [1.29, 1.82) is 0 Å². The van der Waals surface area contributed by atoms with E-state index in [0.29, 0.717) is 6.61 Å². The molecule has 1 atom stereocenters. The minimum Gasteiger partial charge on any atom is -0.462 e. The second-order valence-electron chi connectivity index (χ2n) is 5.26. The number of esters is 1. The quantitative estimate of drug-likeness (QED) is 0.414. The highest BCUT2D eigenvalue weighted by molar-refractivity contribution is 5.79. The molecule has 0 aromatic carbocycles. The van der Waals surface area contributed by atoms with Gasteiger partial charge in [0.05, 0.1) is 6.61 Å². The van der Waals surface area contributed by atoms with Gasteiger partial charge in [0.15, 0.2) is 0 Å². The van der Waals surface area contributed by atoms with Crippen molar-refractivity contribution in [2.24, 2.45) is 11.3 Å². The molecule has 4 heteroatoms. The lowest BCUT2D eigenvalue weighted by Gasteiger charge is -2.31. The fraction of sp³-hybridized carbons (Fsp3) is 0.917. The topological polar surface area (TPSA) is 51.4 Å². The Hall–Kier alpha value is -0.610. The zero-order valence-corrected chi connectivity index (χ0v) is 10.8. The summed E-state index contributed by atoms with van der Waals surface area (Å²) in [5.41, 5.74) is -0.0563. The van der Waals surface area contributed by atoms with Crippen molar-refractivity contribution in [3.8, 4) is 0 Å². The van der Waals surface area contributed by atoms with Gasteiger partial charge in [-0.15, -0.1) is 0 Å². The van der Waals surface area contributed by atoms with Crippen molar-refractivity contribution in [2.45, 2.75) is 53.2 Å². The lowest BCUT2D eigenvalue weighted by atomic mass is 9.73. The van der Waals surface area contributed by atoms with Crippen LogP contribution in [0.4, 0.5) is 0 Å². The molecule has 0 saturated carbocycles.